The Labute approximate surface area is 400 Å². The first-order valence-corrected chi connectivity index (χ1v) is 26.4. The minimum Gasteiger partial charge on any atom is -0.462 e. The van der Waals surface area contributed by atoms with Crippen LogP contribution in [0.25, 0.3) is 0 Å². The first-order valence-electron chi connectivity index (χ1n) is 26.4. The van der Waals surface area contributed by atoms with Crippen LogP contribution in [0, 0.1) is 0 Å². The Bertz CT molecular complexity index is 1360. The van der Waals surface area contributed by atoms with Gasteiger partial charge in [-0.1, -0.05) is 226 Å². The summed E-state index contributed by atoms with van der Waals surface area (Å²) in [4.78, 5) is 38.0. The van der Waals surface area contributed by atoms with Crippen molar-refractivity contribution in [1.29, 1.82) is 0 Å². The van der Waals surface area contributed by atoms with Gasteiger partial charge in [0, 0.05) is 19.3 Å². The van der Waals surface area contributed by atoms with Crippen LogP contribution in [0.3, 0.4) is 0 Å². The molecule has 0 aliphatic carbocycles. The molecule has 0 spiro atoms. The summed E-state index contributed by atoms with van der Waals surface area (Å²) in [6, 6.07) is 0. The molecular formula is C59H96O6. The zero-order valence-corrected chi connectivity index (χ0v) is 42.0. The largest absolute Gasteiger partial charge is 0.462 e. The van der Waals surface area contributed by atoms with Gasteiger partial charge in [-0.25, -0.2) is 0 Å². The van der Waals surface area contributed by atoms with E-state index in [0.29, 0.717) is 19.3 Å². The maximum Gasteiger partial charge on any atom is 0.306 e. The summed E-state index contributed by atoms with van der Waals surface area (Å²) < 4.78 is 16.7. The second-order valence-corrected chi connectivity index (χ2v) is 17.0. The first kappa shape index (κ1) is 61.1. The summed E-state index contributed by atoms with van der Waals surface area (Å²) in [5.74, 6) is -1.02. The van der Waals surface area contributed by atoms with Gasteiger partial charge < -0.3 is 14.2 Å². The van der Waals surface area contributed by atoms with Crippen molar-refractivity contribution >= 4 is 17.9 Å². The Morgan fingerprint density at radius 3 is 1.03 bits per heavy atom. The van der Waals surface area contributed by atoms with E-state index in [9.17, 15) is 14.4 Å². The van der Waals surface area contributed by atoms with Crippen LogP contribution in [0.15, 0.2) is 109 Å². The van der Waals surface area contributed by atoms with Crippen molar-refractivity contribution in [2.24, 2.45) is 0 Å². The number of carbonyl (C=O) groups excluding carboxylic acids is 3. The third kappa shape index (κ3) is 50.9. The fourth-order valence-corrected chi connectivity index (χ4v) is 6.89. The lowest BCUT2D eigenvalue weighted by molar-refractivity contribution is -0.166. The predicted octanol–water partition coefficient (Wildman–Crippen LogP) is 17.5. The molecule has 0 aliphatic heterocycles. The van der Waals surface area contributed by atoms with E-state index >= 15 is 0 Å². The summed E-state index contributed by atoms with van der Waals surface area (Å²) in [6.45, 7) is 6.32. The van der Waals surface area contributed by atoms with E-state index < -0.39 is 6.10 Å². The molecule has 6 heteroatoms. The van der Waals surface area contributed by atoms with Crippen molar-refractivity contribution in [3.63, 3.8) is 0 Å². The van der Waals surface area contributed by atoms with Gasteiger partial charge in [-0.3, -0.25) is 14.4 Å². The van der Waals surface area contributed by atoms with Crippen LogP contribution in [0.5, 0.6) is 0 Å². The molecule has 0 aliphatic rings. The monoisotopic (exact) mass is 901 g/mol. The Balaban J connectivity index is 4.52. The van der Waals surface area contributed by atoms with E-state index in [0.717, 1.165) is 116 Å². The molecule has 1 atom stereocenters. The molecule has 6 nitrogen and oxygen atoms in total. The van der Waals surface area contributed by atoms with E-state index in [1.807, 2.05) is 6.08 Å². The molecule has 65 heavy (non-hydrogen) atoms. The average molecular weight is 901 g/mol. The predicted molar refractivity (Wildman–Crippen MR) is 279 cm³/mol. The SMILES string of the molecule is CCC=CCC=CCC=CCC=CCC=CCC=CCCC(=O)OC[C@@H](COC(=O)CCCCCCCC=CCC=CCC=CCC)OC(=O)CCCCCCCCCCCCCCC. The lowest BCUT2D eigenvalue weighted by Gasteiger charge is -2.18. The molecule has 0 N–H and O–H groups in total. The Kier molecular flexibility index (Phi) is 49.5. The Hall–Kier alpha value is -3.93. The summed E-state index contributed by atoms with van der Waals surface area (Å²) in [6.07, 6.45) is 70.8. The smallest absolute Gasteiger partial charge is 0.306 e. The van der Waals surface area contributed by atoms with Gasteiger partial charge in [0.1, 0.15) is 13.2 Å². The number of hydrogen-bond acceptors (Lipinski definition) is 6. The van der Waals surface area contributed by atoms with Crippen LogP contribution in [-0.2, 0) is 28.6 Å². The summed E-state index contributed by atoms with van der Waals surface area (Å²) in [5, 5.41) is 0. The van der Waals surface area contributed by atoms with Crippen LogP contribution in [-0.4, -0.2) is 37.2 Å². The number of hydrogen-bond donors (Lipinski definition) is 0. The molecule has 0 aromatic rings. The van der Waals surface area contributed by atoms with Crippen LogP contribution >= 0.6 is 0 Å². The van der Waals surface area contributed by atoms with Crippen molar-refractivity contribution in [2.75, 3.05) is 13.2 Å². The lowest BCUT2D eigenvalue weighted by Crippen LogP contribution is -2.30. The molecule has 0 aromatic carbocycles. The van der Waals surface area contributed by atoms with Crippen molar-refractivity contribution in [3.8, 4) is 0 Å². The Morgan fingerprint density at radius 1 is 0.323 bits per heavy atom. The summed E-state index contributed by atoms with van der Waals surface area (Å²) in [5.41, 5.74) is 0. The van der Waals surface area contributed by atoms with Gasteiger partial charge in [-0.2, -0.15) is 0 Å². The van der Waals surface area contributed by atoms with Crippen molar-refractivity contribution < 1.29 is 28.6 Å². The standard InChI is InChI=1S/C59H96O6/c1-4-7-10-13-16-19-22-25-27-28-29-30-32-35-37-40-43-46-49-52-58(61)64-55-56(65-59(62)53-50-47-44-41-38-33-24-21-18-15-12-9-6-3)54-63-57(60)51-48-45-42-39-36-34-31-26-23-20-17-14-11-8-5-2/h7-8,10-11,16-17,19-20,25-27,29-31,35,37,43,46,56H,4-6,9,12-15,18,21-24,28,32-34,36,38-42,44-45,47-55H2,1-3H3/t56-/m1/s1. The molecule has 0 amide bonds. The van der Waals surface area contributed by atoms with Gasteiger partial charge in [-0.15, -0.1) is 0 Å². The molecule has 368 valence electrons. The van der Waals surface area contributed by atoms with E-state index in [1.165, 1.54) is 64.2 Å². The average Bonchev–Trinajstić information content (AvgIpc) is 3.30. The van der Waals surface area contributed by atoms with Gasteiger partial charge in [-0.05, 0) is 89.9 Å². The third-order valence-corrected chi connectivity index (χ3v) is 10.8. The molecule has 0 heterocycles. The van der Waals surface area contributed by atoms with Gasteiger partial charge in [0.05, 0.1) is 0 Å². The maximum atomic E-state index is 12.8. The van der Waals surface area contributed by atoms with Crippen LogP contribution in [0.1, 0.15) is 226 Å². The first-order chi connectivity index (χ1) is 32.0. The topological polar surface area (TPSA) is 78.9 Å². The maximum absolute atomic E-state index is 12.8. The van der Waals surface area contributed by atoms with E-state index in [-0.39, 0.29) is 37.5 Å². The molecule has 0 rings (SSSR count). The third-order valence-electron chi connectivity index (χ3n) is 10.8. The van der Waals surface area contributed by atoms with Crippen molar-refractivity contribution in [1.82, 2.24) is 0 Å². The highest BCUT2D eigenvalue weighted by atomic mass is 16.6. The number of rotatable bonds is 46. The van der Waals surface area contributed by atoms with E-state index in [1.54, 1.807) is 0 Å². The van der Waals surface area contributed by atoms with Gasteiger partial charge in [0.25, 0.3) is 0 Å². The normalized spacial score (nSPS) is 13.0. The van der Waals surface area contributed by atoms with Gasteiger partial charge in [0.2, 0.25) is 0 Å². The molecule has 0 bridgehead atoms. The zero-order chi connectivity index (χ0) is 47.2. The quantitative estimate of drug-likeness (QED) is 0.0262. The number of allylic oxidation sites excluding steroid dienone is 18. The van der Waals surface area contributed by atoms with Crippen LogP contribution in [0.2, 0.25) is 0 Å². The molecule has 0 saturated heterocycles. The highest BCUT2D eigenvalue weighted by Gasteiger charge is 2.19. The molecule has 0 radical (unpaired) electrons. The van der Waals surface area contributed by atoms with E-state index in [2.05, 4.69) is 124 Å². The minimum absolute atomic E-state index is 0.111. The fraction of sp³-hybridized carbons (Fsp3) is 0.644. The van der Waals surface area contributed by atoms with E-state index in [4.69, 9.17) is 14.2 Å². The molecular weight excluding hydrogens is 805 g/mol. The zero-order valence-electron chi connectivity index (χ0n) is 42.0. The second kappa shape index (κ2) is 52.7. The van der Waals surface area contributed by atoms with Gasteiger partial charge >= 0.3 is 17.9 Å². The highest BCUT2D eigenvalue weighted by molar-refractivity contribution is 5.71. The Morgan fingerprint density at radius 2 is 0.631 bits per heavy atom. The number of carbonyl (C=O) groups is 3. The highest BCUT2D eigenvalue weighted by Crippen LogP contribution is 2.14. The van der Waals surface area contributed by atoms with Crippen LogP contribution in [0.4, 0.5) is 0 Å². The fourth-order valence-electron chi connectivity index (χ4n) is 6.89. The van der Waals surface area contributed by atoms with Crippen LogP contribution < -0.4 is 0 Å². The lowest BCUT2D eigenvalue weighted by atomic mass is 10.0. The second-order valence-electron chi connectivity index (χ2n) is 17.0. The molecule has 0 fully saturated rings. The number of unbranched alkanes of at least 4 members (excludes halogenated alkanes) is 17. The number of esters is 3. The summed E-state index contributed by atoms with van der Waals surface area (Å²) in [7, 11) is 0. The summed E-state index contributed by atoms with van der Waals surface area (Å²) >= 11 is 0. The van der Waals surface area contributed by atoms with Gasteiger partial charge in [0.15, 0.2) is 6.10 Å². The molecule has 0 unspecified atom stereocenters. The number of ether oxygens (including phenoxy) is 3. The molecule has 0 saturated carbocycles. The van der Waals surface area contributed by atoms with Crippen molar-refractivity contribution in [3.05, 3.63) is 109 Å². The van der Waals surface area contributed by atoms with Crippen molar-refractivity contribution in [2.45, 2.75) is 232 Å². The molecule has 0 aromatic heterocycles. The minimum atomic E-state index is -0.815.